The maximum atomic E-state index is 14.8. The van der Waals surface area contributed by atoms with Gasteiger partial charge in [-0.15, -0.1) is 0 Å². The zero-order valence-electron chi connectivity index (χ0n) is 19.0. The van der Waals surface area contributed by atoms with Crippen LogP contribution in [0.1, 0.15) is 56.1 Å². The number of fused-ring (bicyclic) bond motifs is 1. The maximum Gasteiger partial charge on any atom is 0.233 e. The number of carbonyl (C=O) groups is 2. The van der Waals surface area contributed by atoms with Crippen LogP contribution in [-0.2, 0) is 15.0 Å². The van der Waals surface area contributed by atoms with Gasteiger partial charge in [0.05, 0.1) is 5.41 Å². The van der Waals surface area contributed by atoms with Crippen molar-refractivity contribution in [1.82, 2.24) is 9.80 Å². The summed E-state index contributed by atoms with van der Waals surface area (Å²) in [7, 11) is 0. The Labute approximate surface area is 193 Å². The molecule has 3 atom stereocenters. The first kappa shape index (κ1) is 22.1. The standard InChI is InChI=1S/C27H30F2N2O2/c1-18(32)31-17-21(19-8-10-20(28)11-9-19)22-16-30(15-12-25(22)31)26(33)27(13-4-5-14-27)23-6-2-3-7-24(23)29/h2-3,6-11,21-22,25H,4-5,12-17H2,1H3/t21-,22-,25-/m1/s1. The van der Waals surface area contributed by atoms with E-state index in [1.807, 2.05) is 15.9 Å². The zero-order chi connectivity index (χ0) is 23.2. The minimum atomic E-state index is -0.803. The molecule has 2 aliphatic heterocycles. The van der Waals surface area contributed by atoms with Crippen molar-refractivity contribution in [2.75, 3.05) is 19.6 Å². The highest BCUT2D eigenvalue weighted by Crippen LogP contribution is 2.46. The van der Waals surface area contributed by atoms with Crippen LogP contribution in [0.15, 0.2) is 48.5 Å². The number of hydrogen-bond acceptors (Lipinski definition) is 2. The first-order chi connectivity index (χ1) is 15.9. The fraction of sp³-hybridized carbons (Fsp3) is 0.481. The third-order valence-corrected chi connectivity index (χ3v) is 8.18. The van der Waals surface area contributed by atoms with Gasteiger partial charge in [-0.1, -0.05) is 43.2 Å². The molecule has 4 nitrogen and oxygen atoms in total. The molecule has 2 heterocycles. The Morgan fingerprint density at radius 3 is 2.33 bits per heavy atom. The van der Waals surface area contributed by atoms with Crippen molar-refractivity contribution in [2.24, 2.45) is 5.92 Å². The van der Waals surface area contributed by atoms with Crippen molar-refractivity contribution in [3.05, 3.63) is 71.3 Å². The van der Waals surface area contributed by atoms with Gasteiger partial charge < -0.3 is 9.80 Å². The molecule has 2 aromatic carbocycles. The van der Waals surface area contributed by atoms with Gasteiger partial charge >= 0.3 is 0 Å². The van der Waals surface area contributed by atoms with Crippen molar-refractivity contribution in [3.8, 4) is 0 Å². The Hall–Kier alpha value is -2.76. The lowest BCUT2D eigenvalue weighted by Gasteiger charge is -2.42. The highest BCUT2D eigenvalue weighted by molar-refractivity contribution is 5.89. The van der Waals surface area contributed by atoms with Crippen LogP contribution in [0, 0.1) is 17.6 Å². The number of rotatable bonds is 3. The second kappa shape index (κ2) is 8.54. The lowest BCUT2D eigenvalue weighted by molar-refractivity contribution is -0.140. The van der Waals surface area contributed by atoms with Crippen LogP contribution >= 0.6 is 0 Å². The summed E-state index contributed by atoms with van der Waals surface area (Å²) >= 11 is 0. The van der Waals surface area contributed by atoms with Gasteiger partial charge in [0.1, 0.15) is 11.6 Å². The molecule has 2 saturated heterocycles. The largest absolute Gasteiger partial charge is 0.341 e. The third kappa shape index (κ3) is 3.73. The molecular weight excluding hydrogens is 422 g/mol. The van der Waals surface area contributed by atoms with Gasteiger partial charge in [-0.05, 0) is 43.0 Å². The highest BCUT2D eigenvalue weighted by atomic mass is 19.1. The minimum Gasteiger partial charge on any atom is -0.341 e. The van der Waals surface area contributed by atoms with Crippen LogP contribution in [0.2, 0.25) is 0 Å². The Balaban J connectivity index is 1.45. The van der Waals surface area contributed by atoms with Gasteiger partial charge in [-0.2, -0.15) is 0 Å². The quantitative estimate of drug-likeness (QED) is 0.681. The number of nitrogens with zero attached hydrogens (tertiary/aromatic N) is 2. The second-order valence-electron chi connectivity index (χ2n) is 9.87. The molecule has 1 aliphatic carbocycles. The molecule has 174 valence electrons. The fourth-order valence-corrected chi connectivity index (χ4v) is 6.57. The van der Waals surface area contributed by atoms with Gasteiger partial charge in [0.15, 0.2) is 0 Å². The third-order valence-electron chi connectivity index (χ3n) is 8.18. The average Bonchev–Trinajstić information content (AvgIpc) is 3.45. The van der Waals surface area contributed by atoms with Crippen LogP contribution in [0.25, 0.3) is 0 Å². The summed E-state index contributed by atoms with van der Waals surface area (Å²) in [6.45, 7) is 3.27. The molecule has 6 heteroatoms. The Bertz CT molecular complexity index is 1050. The lowest BCUT2D eigenvalue weighted by atomic mass is 9.75. The summed E-state index contributed by atoms with van der Waals surface area (Å²) in [6, 6.07) is 13.2. The second-order valence-corrected chi connectivity index (χ2v) is 9.87. The Kier molecular flexibility index (Phi) is 5.71. The van der Waals surface area contributed by atoms with E-state index in [4.69, 9.17) is 0 Å². The summed E-state index contributed by atoms with van der Waals surface area (Å²) in [4.78, 5) is 30.2. The summed E-state index contributed by atoms with van der Waals surface area (Å²) in [6.07, 6.45) is 3.87. The monoisotopic (exact) mass is 452 g/mol. The molecule has 0 spiro atoms. The number of likely N-dealkylation sites (tertiary alicyclic amines) is 2. The Morgan fingerprint density at radius 2 is 1.67 bits per heavy atom. The van der Waals surface area contributed by atoms with Crippen LogP contribution in [0.3, 0.4) is 0 Å². The zero-order valence-corrected chi connectivity index (χ0v) is 19.0. The first-order valence-corrected chi connectivity index (χ1v) is 12.0. The number of benzene rings is 2. The number of carbonyl (C=O) groups excluding carboxylic acids is 2. The average molecular weight is 453 g/mol. The molecule has 0 N–H and O–H groups in total. The number of piperidine rings is 1. The summed E-state index contributed by atoms with van der Waals surface area (Å²) < 4.78 is 28.4. The van der Waals surface area contributed by atoms with E-state index in [0.717, 1.165) is 18.4 Å². The van der Waals surface area contributed by atoms with Crippen LogP contribution in [0.5, 0.6) is 0 Å². The molecule has 5 rings (SSSR count). The van der Waals surface area contributed by atoms with E-state index in [9.17, 15) is 18.4 Å². The van der Waals surface area contributed by atoms with Gasteiger partial charge in [0, 0.05) is 50.0 Å². The maximum absolute atomic E-state index is 14.8. The van der Waals surface area contributed by atoms with E-state index in [2.05, 4.69) is 0 Å². The van der Waals surface area contributed by atoms with Crippen molar-refractivity contribution < 1.29 is 18.4 Å². The lowest BCUT2D eigenvalue weighted by Crippen LogP contribution is -2.54. The van der Waals surface area contributed by atoms with Gasteiger partial charge in [-0.3, -0.25) is 9.59 Å². The SMILES string of the molecule is CC(=O)N1C[C@H](c2ccc(F)cc2)[C@H]2CN(C(=O)C3(c4ccccc4F)CCCC3)CC[C@H]21. The first-order valence-electron chi connectivity index (χ1n) is 12.0. The topological polar surface area (TPSA) is 40.6 Å². The number of halogens is 2. The van der Waals surface area contributed by atoms with E-state index in [1.54, 1.807) is 31.2 Å². The predicted octanol–water partition coefficient (Wildman–Crippen LogP) is 4.64. The molecule has 3 aliphatic rings. The fourth-order valence-electron chi connectivity index (χ4n) is 6.57. The van der Waals surface area contributed by atoms with Crippen LogP contribution in [-0.4, -0.2) is 47.3 Å². The number of amides is 2. The van der Waals surface area contributed by atoms with E-state index in [1.165, 1.54) is 18.2 Å². The van der Waals surface area contributed by atoms with Crippen molar-refractivity contribution in [1.29, 1.82) is 0 Å². The molecule has 2 amide bonds. The normalized spacial score (nSPS) is 26.3. The van der Waals surface area contributed by atoms with E-state index >= 15 is 0 Å². The predicted molar refractivity (Wildman–Crippen MR) is 122 cm³/mol. The van der Waals surface area contributed by atoms with Gasteiger partial charge in [0.2, 0.25) is 11.8 Å². The minimum absolute atomic E-state index is 0.0164. The van der Waals surface area contributed by atoms with E-state index < -0.39 is 5.41 Å². The molecular formula is C27H30F2N2O2. The molecule has 1 saturated carbocycles. The van der Waals surface area contributed by atoms with Gasteiger partial charge in [-0.25, -0.2) is 8.78 Å². The highest BCUT2D eigenvalue weighted by Gasteiger charge is 2.51. The molecule has 0 bridgehead atoms. The number of hydrogen-bond donors (Lipinski definition) is 0. The molecule has 0 radical (unpaired) electrons. The summed E-state index contributed by atoms with van der Waals surface area (Å²) in [5.74, 6) is -0.421. The smallest absolute Gasteiger partial charge is 0.233 e. The van der Waals surface area contributed by atoms with Gasteiger partial charge in [0.25, 0.3) is 0 Å². The summed E-state index contributed by atoms with van der Waals surface area (Å²) in [5, 5.41) is 0. The molecule has 33 heavy (non-hydrogen) atoms. The van der Waals surface area contributed by atoms with Crippen molar-refractivity contribution in [3.63, 3.8) is 0 Å². The Morgan fingerprint density at radius 1 is 0.970 bits per heavy atom. The van der Waals surface area contributed by atoms with E-state index in [0.29, 0.717) is 44.5 Å². The molecule has 0 unspecified atom stereocenters. The molecule has 2 aromatic rings. The van der Waals surface area contributed by atoms with Crippen LogP contribution < -0.4 is 0 Å². The van der Waals surface area contributed by atoms with Crippen molar-refractivity contribution in [2.45, 2.75) is 56.4 Å². The molecule has 3 fully saturated rings. The van der Waals surface area contributed by atoms with Crippen molar-refractivity contribution >= 4 is 11.8 Å². The summed E-state index contributed by atoms with van der Waals surface area (Å²) in [5.41, 5.74) is 0.707. The van der Waals surface area contributed by atoms with Crippen LogP contribution in [0.4, 0.5) is 8.78 Å². The van der Waals surface area contributed by atoms with E-state index in [-0.39, 0.29) is 41.3 Å². The molecule has 0 aromatic heterocycles.